The van der Waals surface area contributed by atoms with Crippen molar-refractivity contribution in [2.24, 2.45) is 4.99 Å². The highest BCUT2D eigenvalue weighted by Crippen LogP contribution is 2.43. The molecule has 0 saturated heterocycles. The molecule has 3 heteroatoms. The highest BCUT2D eigenvalue weighted by Gasteiger charge is 2.36. The first kappa shape index (κ1) is 17.0. The molecule has 0 bridgehead atoms. The van der Waals surface area contributed by atoms with E-state index in [1.165, 1.54) is 0 Å². The van der Waals surface area contributed by atoms with Gasteiger partial charge in [0.25, 0.3) is 0 Å². The standard InChI is InChI=1S/C23H20ClNO/c24-20-14-19(23(26)12-7-13-23)15-21(16-20)25-22(17-8-3-1-4-9-17)18-10-5-2-6-11-18/h1-6,8-11,14-16,26H,7,12-13H2. The van der Waals surface area contributed by atoms with Crippen molar-refractivity contribution in [3.05, 3.63) is 101 Å². The zero-order chi connectivity index (χ0) is 18.0. The molecule has 0 radical (unpaired) electrons. The van der Waals surface area contributed by atoms with Crippen LogP contribution >= 0.6 is 11.6 Å². The lowest BCUT2D eigenvalue weighted by atomic mass is 9.75. The summed E-state index contributed by atoms with van der Waals surface area (Å²) in [6, 6.07) is 25.9. The van der Waals surface area contributed by atoms with E-state index in [0.717, 1.165) is 47.4 Å². The van der Waals surface area contributed by atoms with Gasteiger partial charge in [-0.1, -0.05) is 72.3 Å². The maximum absolute atomic E-state index is 10.7. The average Bonchev–Trinajstić information content (AvgIpc) is 2.65. The summed E-state index contributed by atoms with van der Waals surface area (Å²) in [5.41, 5.74) is 3.84. The van der Waals surface area contributed by atoms with Gasteiger partial charge < -0.3 is 5.11 Å². The summed E-state index contributed by atoms with van der Waals surface area (Å²) in [4.78, 5) is 4.91. The van der Waals surface area contributed by atoms with E-state index in [4.69, 9.17) is 16.6 Å². The molecule has 1 aliphatic rings. The second kappa shape index (κ2) is 7.06. The van der Waals surface area contributed by atoms with Gasteiger partial charge in [-0.05, 0) is 43.0 Å². The molecule has 0 spiro atoms. The smallest absolute Gasteiger partial charge is 0.0897 e. The third-order valence-corrected chi connectivity index (χ3v) is 5.15. The van der Waals surface area contributed by atoms with Crippen LogP contribution < -0.4 is 0 Å². The molecule has 130 valence electrons. The topological polar surface area (TPSA) is 32.6 Å². The number of hydrogen-bond donors (Lipinski definition) is 1. The Hall–Kier alpha value is -2.42. The van der Waals surface area contributed by atoms with Gasteiger partial charge >= 0.3 is 0 Å². The second-order valence-electron chi connectivity index (χ2n) is 6.78. The van der Waals surface area contributed by atoms with E-state index >= 15 is 0 Å². The Morgan fingerprint density at radius 2 is 1.42 bits per heavy atom. The molecule has 4 rings (SSSR count). The summed E-state index contributed by atoms with van der Waals surface area (Å²) in [6.07, 6.45) is 2.60. The fourth-order valence-corrected chi connectivity index (χ4v) is 3.55. The van der Waals surface area contributed by atoms with Crippen LogP contribution in [0.5, 0.6) is 0 Å². The van der Waals surface area contributed by atoms with Gasteiger partial charge in [0.2, 0.25) is 0 Å². The van der Waals surface area contributed by atoms with Gasteiger partial charge in [-0.3, -0.25) is 0 Å². The Bertz CT molecular complexity index is 889. The monoisotopic (exact) mass is 361 g/mol. The van der Waals surface area contributed by atoms with Crippen molar-refractivity contribution in [3.63, 3.8) is 0 Å². The molecule has 3 aromatic carbocycles. The Morgan fingerprint density at radius 3 is 1.92 bits per heavy atom. The molecular formula is C23H20ClNO. The number of aliphatic hydroxyl groups is 1. The van der Waals surface area contributed by atoms with Crippen LogP contribution in [0, 0.1) is 0 Å². The van der Waals surface area contributed by atoms with E-state index in [2.05, 4.69) is 24.3 Å². The van der Waals surface area contributed by atoms with Gasteiger partial charge in [-0.25, -0.2) is 4.99 Å². The summed E-state index contributed by atoms with van der Waals surface area (Å²) < 4.78 is 0. The van der Waals surface area contributed by atoms with Crippen molar-refractivity contribution >= 4 is 23.0 Å². The van der Waals surface area contributed by atoms with Crippen LogP contribution in [-0.4, -0.2) is 10.8 Å². The van der Waals surface area contributed by atoms with Crippen molar-refractivity contribution in [1.29, 1.82) is 0 Å². The lowest BCUT2D eigenvalue weighted by molar-refractivity contribution is -0.0387. The molecule has 0 aliphatic heterocycles. The maximum Gasteiger partial charge on any atom is 0.0897 e. The molecule has 1 fully saturated rings. The Labute approximate surface area is 158 Å². The molecule has 0 aromatic heterocycles. The van der Waals surface area contributed by atoms with Gasteiger partial charge in [0.1, 0.15) is 0 Å². The van der Waals surface area contributed by atoms with Crippen LogP contribution in [0.1, 0.15) is 36.0 Å². The van der Waals surface area contributed by atoms with E-state index in [1.807, 2.05) is 54.6 Å². The van der Waals surface area contributed by atoms with Gasteiger partial charge in [-0.2, -0.15) is 0 Å². The third-order valence-electron chi connectivity index (χ3n) is 4.94. The zero-order valence-electron chi connectivity index (χ0n) is 14.4. The number of hydrogen-bond acceptors (Lipinski definition) is 2. The molecule has 1 aliphatic carbocycles. The first-order chi connectivity index (χ1) is 12.6. The summed E-state index contributed by atoms with van der Waals surface area (Å²) in [6.45, 7) is 0. The Kier molecular flexibility index (Phi) is 4.62. The predicted molar refractivity (Wildman–Crippen MR) is 107 cm³/mol. The normalized spacial score (nSPS) is 15.2. The summed E-state index contributed by atoms with van der Waals surface area (Å²) in [5, 5.41) is 11.3. The summed E-state index contributed by atoms with van der Waals surface area (Å²) in [7, 11) is 0. The largest absolute Gasteiger partial charge is 0.385 e. The summed E-state index contributed by atoms with van der Waals surface area (Å²) in [5.74, 6) is 0. The third kappa shape index (κ3) is 3.44. The molecule has 1 N–H and O–H groups in total. The number of nitrogens with zero attached hydrogens (tertiary/aromatic N) is 1. The van der Waals surface area contributed by atoms with Crippen LogP contribution in [0.25, 0.3) is 0 Å². The average molecular weight is 362 g/mol. The van der Waals surface area contributed by atoms with E-state index < -0.39 is 5.60 Å². The Morgan fingerprint density at radius 1 is 0.846 bits per heavy atom. The number of benzene rings is 3. The highest BCUT2D eigenvalue weighted by atomic mass is 35.5. The van der Waals surface area contributed by atoms with Crippen LogP contribution in [-0.2, 0) is 5.60 Å². The van der Waals surface area contributed by atoms with Crippen molar-refractivity contribution in [2.45, 2.75) is 24.9 Å². The van der Waals surface area contributed by atoms with Crippen LogP contribution in [0.3, 0.4) is 0 Å². The minimum atomic E-state index is -0.755. The van der Waals surface area contributed by atoms with E-state index in [1.54, 1.807) is 0 Å². The Balaban J connectivity index is 1.83. The highest BCUT2D eigenvalue weighted by molar-refractivity contribution is 6.31. The molecule has 2 nitrogen and oxygen atoms in total. The van der Waals surface area contributed by atoms with Crippen molar-refractivity contribution in [2.75, 3.05) is 0 Å². The van der Waals surface area contributed by atoms with Crippen LogP contribution in [0.4, 0.5) is 5.69 Å². The van der Waals surface area contributed by atoms with Crippen molar-refractivity contribution in [3.8, 4) is 0 Å². The molecule has 0 unspecified atom stereocenters. The predicted octanol–water partition coefficient (Wildman–Crippen LogP) is 5.88. The fourth-order valence-electron chi connectivity index (χ4n) is 3.32. The maximum atomic E-state index is 10.7. The lowest BCUT2D eigenvalue weighted by Crippen LogP contribution is -2.33. The van der Waals surface area contributed by atoms with Crippen LogP contribution in [0.2, 0.25) is 5.02 Å². The lowest BCUT2D eigenvalue weighted by Gasteiger charge is -2.37. The fraction of sp³-hybridized carbons (Fsp3) is 0.174. The molecule has 1 saturated carbocycles. The number of aliphatic imine (C=N–C) groups is 1. The SMILES string of the molecule is OC1(c2cc(Cl)cc(N=C(c3ccccc3)c3ccccc3)c2)CCC1. The molecule has 0 heterocycles. The first-order valence-corrected chi connectivity index (χ1v) is 9.25. The molecule has 0 amide bonds. The molecule has 26 heavy (non-hydrogen) atoms. The van der Waals surface area contributed by atoms with E-state index in [-0.39, 0.29) is 0 Å². The zero-order valence-corrected chi connectivity index (χ0v) is 15.2. The van der Waals surface area contributed by atoms with E-state index in [9.17, 15) is 5.11 Å². The second-order valence-corrected chi connectivity index (χ2v) is 7.21. The van der Waals surface area contributed by atoms with Gasteiger partial charge in [0, 0.05) is 16.1 Å². The van der Waals surface area contributed by atoms with Gasteiger partial charge in [0.15, 0.2) is 0 Å². The van der Waals surface area contributed by atoms with Crippen LogP contribution in [0.15, 0.2) is 83.9 Å². The van der Waals surface area contributed by atoms with E-state index in [0.29, 0.717) is 5.02 Å². The molecular weight excluding hydrogens is 342 g/mol. The first-order valence-electron chi connectivity index (χ1n) is 8.87. The number of rotatable bonds is 4. The minimum Gasteiger partial charge on any atom is -0.385 e. The van der Waals surface area contributed by atoms with Gasteiger partial charge in [-0.15, -0.1) is 0 Å². The quantitative estimate of drug-likeness (QED) is 0.578. The van der Waals surface area contributed by atoms with Gasteiger partial charge in [0.05, 0.1) is 17.0 Å². The van der Waals surface area contributed by atoms with Crippen molar-refractivity contribution in [1.82, 2.24) is 0 Å². The summed E-state index contributed by atoms with van der Waals surface area (Å²) >= 11 is 6.33. The molecule has 3 aromatic rings. The molecule has 0 atom stereocenters. The van der Waals surface area contributed by atoms with Crippen molar-refractivity contribution < 1.29 is 5.11 Å². The minimum absolute atomic E-state index is 0.599. The number of halogens is 1.